The number of furan rings is 1. The third-order valence-electron chi connectivity index (χ3n) is 4.01. The quantitative estimate of drug-likeness (QED) is 0.471. The van der Waals surface area contributed by atoms with Gasteiger partial charge in [-0.2, -0.15) is 4.31 Å². The van der Waals surface area contributed by atoms with Gasteiger partial charge in [0.2, 0.25) is 10.0 Å². The molecule has 27 heavy (non-hydrogen) atoms. The van der Waals surface area contributed by atoms with Crippen molar-refractivity contribution in [3.8, 4) is 0 Å². The van der Waals surface area contributed by atoms with Crippen molar-refractivity contribution >= 4 is 44.8 Å². The zero-order valence-corrected chi connectivity index (χ0v) is 17.2. The highest BCUT2D eigenvalue weighted by Gasteiger charge is 2.25. The van der Waals surface area contributed by atoms with Crippen LogP contribution < -0.4 is 0 Å². The van der Waals surface area contributed by atoms with Crippen molar-refractivity contribution in [2.75, 3.05) is 6.54 Å². The fourth-order valence-corrected chi connectivity index (χ4v) is 4.62. The van der Waals surface area contributed by atoms with Gasteiger partial charge in [-0.25, -0.2) is 8.42 Å². The molecule has 0 fully saturated rings. The van der Waals surface area contributed by atoms with E-state index in [1.165, 1.54) is 22.7 Å². The molecule has 2 aromatic carbocycles. The molecule has 0 amide bonds. The molecule has 0 aliphatic carbocycles. The second-order valence-corrected chi connectivity index (χ2v) is 9.08. The summed E-state index contributed by atoms with van der Waals surface area (Å²) >= 11 is 18.0. The zero-order chi connectivity index (χ0) is 19.4. The van der Waals surface area contributed by atoms with Crippen molar-refractivity contribution in [3.63, 3.8) is 0 Å². The van der Waals surface area contributed by atoms with Crippen LogP contribution in [0.25, 0.3) is 0 Å². The van der Waals surface area contributed by atoms with Gasteiger partial charge >= 0.3 is 0 Å². The van der Waals surface area contributed by atoms with E-state index in [0.29, 0.717) is 27.2 Å². The summed E-state index contributed by atoms with van der Waals surface area (Å²) in [7, 11) is -3.74. The Hall–Kier alpha value is -1.50. The van der Waals surface area contributed by atoms with Crippen LogP contribution in [0.3, 0.4) is 0 Å². The third kappa shape index (κ3) is 5.06. The molecule has 3 aromatic rings. The van der Waals surface area contributed by atoms with Crippen molar-refractivity contribution in [1.82, 2.24) is 4.31 Å². The third-order valence-corrected chi connectivity index (χ3v) is 6.71. The number of halogens is 3. The molecule has 0 bridgehead atoms. The SMILES string of the molecule is O=S(=O)(c1ccc(Cl)cc1)N(CCc1ccc(Cl)cc1Cl)Cc1ccco1. The first kappa shape index (κ1) is 20.2. The minimum absolute atomic E-state index is 0.114. The predicted molar refractivity (Wildman–Crippen MR) is 108 cm³/mol. The van der Waals surface area contributed by atoms with E-state index in [1.54, 1.807) is 42.5 Å². The highest BCUT2D eigenvalue weighted by Crippen LogP contribution is 2.24. The summed E-state index contributed by atoms with van der Waals surface area (Å²) in [6.45, 7) is 0.343. The van der Waals surface area contributed by atoms with Crippen LogP contribution in [0.5, 0.6) is 0 Å². The van der Waals surface area contributed by atoms with Gasteiger partial charge in [-0.1, -0.05) is 40.9 Å². The van der Waals surface area contributed by atoms with Crippen molar-refractivity contribution in [1.29, 1.82) is 0 Å². The van der Waals surface area contributed by atoms with Gasteiger partial charge in [-0.3, -0.25) is 0 Å². The lowest BCUT2D eigenvalue weighted by Gasteiger charge is -2.21. The van der Waals surface area contributed by atoms with Gasteiger partial charge < -0.3 is 4.42 Å². The molecule has 0 aliphatic heterocycles. The van der Waals surface area contributed by atoms with Crippen molar-refractivity contribution in [2.24, 2.45) is 0 Å². The van der Waals surface area contributed by atoms with Crippen LogP contribution in [0.2, 0.25) is 15.1 Å². The molecule has 0 spiro atoms. The number of nitrogens with zero attached hydrogens (tertiary/aromatic N) is 1. The topological polar surface area (TPSA) is 50.5 Å². The molecule has 0 aliphatic rings. The van der Waals surface area contributed by atoms with E-state index in [2.05, 4.69) is 0 Å². The molecule has 142 valence electrons. The highest BCUT2D eigenvalue weighted by molar-refractivity contribution is 7.89. The van der Waals surface area contributed by atoms with Gasteiger partial charge in [-0.15, -0.1) is 0 Å². The second-order valence-electron chi connectivity index (χ2n) is 5.86. The molecule has 4 nitrogen and oxygen atoms in total. The van der Waals surface area contributed by atoms with Gasteiger partial charge in [0.05, 0.1) is 17.7 Å². The van der Waals surface area contributed by atoms with Crippen molar-refractivity contribution < 1.29 is 12.8 Å². The lowest BCUT2D eigenvalue weighted by atomic mass is 10.1. The van der Waals surface area contributed by atoms with Gasteiger partial charge in [0.15, 0.2) is 0 Å². The Morgan fingerprint density at radius 3 is 2.26 bits per heavy atom. The van der Waals surface area contributed by atoms with Crippen molar-refractivity contribution in [2.45, 2.75) is 17.9 Å². The second kappa shape index (κ2) is 8.67. The molecule has 0 radical (unpaired) electrons. The standard InChI is InChI=1S/C19H16Cl3NO3S/c20-15-5-7-18(8-6-15)27(24,25)23(13-17-2-1-11-26-17)10-9-14-3-4-16(21)12-19(14)22/h1-8,11-12H,9-10,13H2. The molecule has 0 saturated heterocycles. The average molecular weight is 445 g/mol. The molecule has 0 unspecified atom stereocenters. The normalized spacial score (nSPS) is 11.9. The summed E-state index contributed by atoms with van der Waals surface area (Å²) < 4.78 is 32.9. The molecule has 1 heterocycles. The zero-order valence-electron chi connectivity index (χ0n) is 14.1. The monoisotopic (exact) mass is 443 g/mol. The fraction of sp³-hybridized carbons (Fsp3) is 0.158. The van der Waals surface area contributed by atoms with E-state index in [1.807, 2.05) is 0 Å². The number of sulfonamides is 1. The minimum atomic E-state index is -3.74. The average Bonchev–Trinajstić information content (AvgIpc) is 3.13. The first-order chi connectivity index (χ1) is 12.9. The maximum atomic E-state index is 13.1. The molecule has 0 N–H and O–H groups in total. The summed E-state index contributed by atoms with van der Waals surface area (Å²) in [6, 6.07) is 14.7. The lowest BCUT2D eigenvalue weighted by Crippen LogP contribution is -2.32. The number of hydrogen-bond donors (Lipinski definition) is 0. The van der Waals surface area contributed by atoms with E-state index in [0.717, 1.165) is 5.56 Å². The summed E-state index contributed by atoms with van der Waals surface area (Å²) in [5, 5.41) is 1.51. The van der Waals surface area contributed by atoms with Crippen molar-refractivity contribution in [3.05, 3.63) is 87.3 Å². The van der Waals surface area contributed by atoms with Gasteiger partial charge in [0.1, 0.15) is 5.76 Å². The Morgan fingerprint density at radius 2 is 1.63 bits per heavy atom. The van der Waals surface area contributed by atoms with Crippen LogP contribution in [-0.2, 0) is 23.0 Å². The first-order valence-corrected chi connectivity index (χ1v) is 10.7. The van der Waals surface area contributed by atoms with E-state index in [9.17, 15) is 8.42 Å². The molecule has 3 rings (SSSR count). The van der Waals surface area contributed by atoms with Crippen LogP contribution in [0, 0.1) is 0 Å². The Bertz CT molecular complexity index is 1000. The summed E-state index contributed by atoms with van der Waals surface area (Å²) in [6.07, 6.45) is 1.95. The van der Waals surface area contributed by atoms with Gasteiger partial charge in [0.25, 0.3) is 0 Å². The Labute approximate surface area is 173 Å². The minimum Gasteiger partial charge on any atom is -0.468 e. The largest absolute Gasteiger partial charge is 0.468 e. The van der Waals surface area contributed by atoms with E-state index < -0.39 is 10.0 Å². The fourth-order valence-electron chi connectivity index (χ4n) is 2.59. The van der Waals surface area contributed by atoms with Crippen LogP contribution in [0.4, 0.5) is 0 Å². The first-order valence-electron chi connectivity index (χ1n) is 8.08. The Balaban J connectivity index is 1.87. The number of hydrogen-bond acceptors (Lipinski definition) is 3. The molecular formula is C19H16Cl3NO3S. The highest BCUT2D eigenvalue weighted by atomic mass is 35.5. The summed E-state index contributed by atoms with van der Waals surface area (Å²) in [4.78, 5) is 0.167. The van der Waals surface area contributed by atoms with Gasteiger partial charge in [0, 0.05) is 21.6 Å². The van der Waals surface area contributed by atoms with Crippen LogP contribution in [0.15, 0.2) is 70.2 Å². The van der Waals surface area contributed by atoms with Crippen LogP contribution in [0.1, 0.15) is 11.3 Å². The smallest absolute Gasteiger partial charge is 0.243 e. The summed E-state index contributed by atoms with van der Waals surface area (Å²) in [5.74, 6) is 0.551. The van der Waals surface area contributed by atoms with Crippen LogP contribution >= 0.6 is 34.8 Å². The maximum absolute atomic E-state index is 13.1. The number of benzene rings is 2. The predicted octanol–water partition coefficient (Wildman–Crippen LogP) is 5.67. The van der Waals surface area contributed by atoms with Gasteiger partial charge in [-0.05, 0) is 60.5 Å². The number of rotatable bonds is 7. The molecular weight excluding hydrogens is 429 g/mol. The lowest BCUT2D eigenvalue weighted by molar-refractivity contribution is 0.366. The van der Waals surface area contributed by atoms with E-state index >= 15 is 0 Å². The molecule has 1 aromatic heterocycles. The molecule has 8 heteroatoms. The maximum Gasteiger partial charge on any atom is 0.243 e. The van der Waals surface area contributed by atoms with Crippen LogP contribution in [-0.4, -0.2) is 19.3 Å². The van der Waals surface area contributed by atoms with E-state index in [4.69, 9.17) is 39.2 Å². The molecule has 0 atom stereocenters. The molecule has 0 saturated carbocycles. The van der Waals surface area contributed by atoms with E-state index in [-0.39, 0.29) is 18.0 Å². The summed E-state index contributed by atoms with van der Waals surface area (Å²) in [5.41, 5.74) is 0.816. The Kier molecular flexibility index (Phi) is 6.50. The Morgan fingerprint density at radius 1 is 0.926 bits per heavy atom.